The van der Waals surface area contributed by atoms with Gasteiger partial charge in [-0.1, -0.05) is 43.2 Å². The van der Waals surface area contributed by atoms with Crippen LogP contribution in [0.1, 0.15) is 39.0 Å². The number of hydrogen-bond donors (Lipinski definition) is 1. The minimum absolute atomic E-state index is 0.0797. The highest BCUT2D eigenvalue weighted by atomic mass is 32.2. The standard InChI is InChI=1S/C20H25N3O4S/c1-13(18(25)21-14-8-4-3-5-9-14)28-20-22-16-11-7-6-10-15(16)19(26)23(20)12-17(24)27-2/h6-7,10-11,13-14H,3-5,8-9,12H2,1-2H3,(H,21,25)/t13-/m1/s1. The maximum atomic E-state index is 12.9. The number of carbonyl (C=O) groups is 2. The number of ether oxygens (including phenoxy) is 1. The number of fused-ring (bicyclic) bond motifs is 1. The molecule has 1 aromatic carbocycles. The number of methoxy groups -OCH3 is 1. The van der Waals surface area contributed by atoms with E-state index in [9.17, 15) is 14.4 Å². The van der Waals surface area contributed by atoms with E-state index in [2.05, 4.69) is 10.3 Å². The average Bonchev–Trinajstić information content (AvgIpc) is 2.71. The van der Waals surface area contributed by atoms with Gasteiger partial charge in [-0.25, -0.2) is 4.98 Å². The van der Waals surface area contributed by atoms with Gasteiger partial charge < -0.3 is 10.1 Å². The van der Waals surface area contributed by atoms with E-state index in [-0.39, 0.29) is 24.1 Å². The topological polar surface area (TPSA) is 90.3 Å². The van der Waals surface area contributed by atoms with Crippen molar-refractivity contribution in [1.29, 1.82) is 0 Å². The highest BCUT2D eigenvalue weighted by Gasteiger charge is 2.23. The molecule has 3 rings (SSSR count). The molecule has 0 bridgehead atoms. The molecule has 150 valence electrons. The summed E-state index contributed by atoms with van der Waals surface area (Å²) in [4.78, 5) is 41.8. The Morgan fingerprint density at radius 3 is 2.71 bits per heavy atom. The smallest absolute Gasteiger partial charge is 0.325 e. The number of para-hydroxylation sites is 1. The number of carbonyl (C=O) groups excluding carboxylic acids is 2. The van der Waals surface area contributed by atoms with E-state index in [0.717, 1.165) is 25.7 Å². The number of hydrogen-bond acceptors (Lipinski definition) is 6. The molecule has 1 amide bonds. The molecule has 0 spiro atoms. The van der Waals surface area contributed by atoms with Crippen molar-refractivity contribution >= 4 is 34.5 Å². The third kappa shape index (κ3) is 4.73. The summed E-state index contributed by atoms with van der Waals surface area (Å²) in [6, 6.07) is 7.18. The zero-order valence-electron chi connectivity index (χ0n) is 16.1. The summed E-state index contributed by atoms with van der Waals surface area (Å²) in [5, 5.41) is 3.41. The van der Waals surface area contributed by atoms with Crippen LogP contribution in [0.3, 0.4) is 0 Å². The molecule has 1 heterocycles. The molecule has 1 fully saturated rings. The highest BCUT2D eigenvalue weighted by molar-refractivity contribution is 8.00. The molecule has 1 aromatic heterocycles. The van der Waals surface area contributed by atoms with E-state index in [1.54, 1.807) is 31.2 Å². The fourth-order valence-corrected chi connectivity index (χ4v) is 4.26. The third-order valence-corrected chi connectivity index (χ3v) is 6.03. The summed E-state index contributed by atoms with van der Waals surface area (Å²) < 4.78 is 6.00. The second kappa shape index (κ2) is 9.23. The Morgan fingerprint density at radius 1 is 1.29 bits per heavy atom. The maximum absolute atomic E-state index is 12.9. The van der Waals surface area contributed by atoms with Crippen LogP contribution in [0.4, 0.5) is 0 Å². The summed E-state index contributed by atoms with van der Waals surface area (Å²) in [6.45, 7) is 1.54. The normalized spacial score (nSPS) is 15.9. The van der Waals surface area contributed by atoms with Gasteiger partial charge in [-0.2, -0.15) is 0 Å². The van der Waals surface area contributed by atoms with Gasteiger partial charge in [0.15, 0.2) is 5.16 Å². The van der Waals surface area contributed by atoms with Gasteiger partial charge in [-0.3, -0.25) is 19.0 Å². The Bertz CT molecular complexity index is 921. The maximum Gasteiger partial charge on any atom is 0.325 e. The highest BCUT2D eigenvalue weighted by Crippen LogP contribution is 2.24. The molecule has 0 saturated heterocycles. The Morgan fingerprint density at radius 2 is 2.00 bits per heavy atom. The minimum Gasteiger partial charge on any atom is -0.468 e. The second-order valence-electron chi connectivity index (χ2n) is 6.98. The van der Waals surface area contributed by atoms with Gasteiger partial charge in [-0.05, 0) is 31.9 Å². The minimum atomic E-state index is -0.541. The molecule has 1 N–H and O–H groups in total. The van der Waals surface area contributed by atoms with Crippen LogP contribution >= 0.6 is 11.8 Å². The first kappa shape index (κ1) is 20.4. The number of rotatable bonds is 6. The SMILES string of the molecule is COC(=O)Cn1c(S[C@H](C)C(=O)NC2CCCCC2)nc2ccccc2c1=O. The second-order valence-corrected chi connectivity index (χ2v) is 8.29. The van der Waals surface area contributed by atoms with Gasteiger partial charge in [0.1, 0.15) is 6.54 Å². The van der Waals surface area contributed by atoms with Crippen molar-refractivity contribution in [3.8, 4) is 0 Å². The van der Waals surface area contributed by atoms with Gasteiger partial charge in [0, 0.05) is 6.04 Å². The molecule has 1 saturated carbocycles. The van der Waals surface area contributed by atoms with E-state index in [4.69, 9.17) is 4.74 Å². The summed E-state index contributed by atoms with van der Waals surface area (Å²) in [7, 11) is 1.27. The quantitative estimate of drug-likeness (QED) is 0.453. The van der Waals surface area contributed by atoms with E-state index in [1.165, 1.54) is 29.9 Å². The van der Waals surface area contributed by atoms with Gasteiger partial charge in [0.2, 0.25) is 5.91 Å². The van der Waals surface area contributed by atoms with Crippen molar-refractivity contribution in [2.45, 2.75) is 62.0 Å². The lowest BCUT2D eigenvalue weighted by Crippen LogP contribution is -2.40. The van der Waals surface area contributed by atoms with Crippen molar-refractivity contribution in [3.63, 3.8) is 0 Å². The number of aromatic nitrogens is 2. The van der Waals surface area contributed by atoms with Crippen molar-refractivity contribution in [3.05, 3.63) is 34.6 Å². The van der Waals surface area contributed by atoms with Crippen LogP contribution in [0.25, 0.3) is 10.9 Å². The van der Waals surface area contributed by atoms with Crippen LogP contribution in [0.15, 0.2) is 34.2 Å². The van der Waals surface area contributed by atoms with Gasteiger partial charge in [0.05, 0.1) is 23.3 Å². The average molecular weight is 404 g/mol. The number of esters is 1. The lowest BCUT2D eigenvalue weighted by molar-refractivity contribution is -0.141. The molecule has 0 unspecified atom stereocenters. The molecule has 7 nitrogen and oxygen atoms in total. The van der Waals surface area contributed by atoms with Crippen LogP contribution in [0.2, 0.25) is 0 Å². The summed E-state index contributed by atoms with van der Waals surface area (Å²) in [6.07, 6.45) is 5.50. The first-order valence-electron chi connectivity index (χ1n) is 9.53. The van der Waals surface area contributed by atoms with Crippen molar-refractivity contribution in [1.82, 2.24) is 14.9 Å². The first-order valence-corrected chi connectivity index (χ1v) is 10.4. The molecule has 2 aromatic rings. The molecule has 28 heavy (non-hydrogen) atoms. The Kier molecular flexibility index (Phi) is 6.72. The van der Waals surface area contributed by atoms with E-state index in [1.807, 2.05) is 0 Å². The van der Waals surface area contributed by atoms with Gasteiger partial charge in [-0.15, -0.1) is 0 Å². The largest absolute Gasteiger partial charge is 0.468 e. The van der Waals surface area contributed by atoms with E-state index in [0.29, 0.717) is 16.1 Å². The summed E-state index contributed by atoms with van der Waals surface area (Å²) in [5.74, 6) is -0.621. The van der Waals surface area contributed by atoms with Crippen molar-refractivity contribution in [2.24, 2.45) is 0 Å². The third-order valence-electron chi connectivity index (χ3n) is 4.94. The molecular formula is C20H25N3O4S. The number of nitrogens with zero attached hydrogens (tertiary/aromatic N) is 2. The Balaban J connectivity index is 1.85. The first-order chi connectivity index (χ1) is 13.5. The van der Waals surface area contributed by atoms with Crippen LogP contribution in [0, 0.1) is 0 Å². The number of benzene rings is 1. The van der Waals surface area contributed by atoms with Gasteiger partial charge >= 0.3 is 5.97 Å². The lowest BCUT2D eigenvalue weighted by atomic mass is 9.95. The van der Waals surface area contributed by atoms with E-state index >= 15 is 0 Å². The van der Waals surface area contributed by atoms with Crippen molar-refractivity contribution in [2.75, 3.05) is 7.11 Å². The number of amides is 1. The fourth-order valence-electron chi connectivity index (χ4n) is 3.35. The lowest BCUT2D eigenvalue weighted by Gasteiger charge is -2.24. The molecular weight excluding hydrogens is 378 g/mol. The zero-order chi connectivity index (χ0) is 20.1. The van der Waals surface area contributed by atoms with Crippen molar-refractivity contribution < 1.29 is 14.3 Å². The van der Waals surface area contributed by atoms with Crippen LogP contribution in [-0.2, 0) is 20.9 Å². The molecule has 1 atom stereocenters. The zero-order valence-corrected chi connectivity index (χ0v) is 17.0. The fraction of sp³-hybridized carbons (Fsp3) is 0.500. The molecule has 0 radical (unpaired) electrons. The van der Waals surface area contributed by atoms with Crippen LogP contribution in [-0.4, -0.2) is 39.8 Å². The number of thioether (sulfide) groups is 1. The summed E-state index contributed by atoms with van der Waals surface area (Å²) >= 11 is 1.18. The predicted molar refractivity (Wildman–Crippen MR) is 108 cm³/mol. The Hall–Kier alpha value is -2.35. The molecule has 8 heteroatoms. The van der Waals surface area contributed by atoms with Gasteiger partial charge in [0.25, 0.3) is 5.56 Å². The molecule has 1 aliphatic rings. The number of nitrogens with one attached hydrogen (secondary N) is 1. The van der Waals surface area contributed by atoms with E-state index < -0.39 is 11.2 Å². The Labute approximate surface area is 167 Å². The monoisotopic (exact) mass is 403 g/mol. The van der Waals surface area contributed by atoms with Crippen LogP contribution < -0.4 is 10.9 Å². The molecule has 0 aliphatic heterocycles. The molecule has 1 aliphatic carbocycles. The van der Waals surface area contributed by atoms with Crippen LogP contribution in [0.5, 0.6) is 0 Å². The predicted octanol–water partition coefficient (Wildman–Crippen LogP) is 2.50. The summed E-state index contributed by atoms with van der Waals surface area (Å²) in [5.41, 5.74) is 0.217.